The van der Waals surface area contributed by atoms with Crippen molar-refractivity contribution >= 4 is 23.7 Å². The maximum absolute atomic E-state index is 10.6. The monoisotopic (exact) mass is 290 g/mol. The normalized spacial score (nSPS) is 9.30. The Morgan fingerprint density at radius 3 is 2.00 bits per heavy atom. The third-order valence-electron chi connectivity index (χ3n) is 2.39. The number of phenolic OH excluding ortho intramolecular Hbond substituents is 1. The van der Waals surface area contributed by atoms with E-state index in [1.807, 2.05) is 19.1 Å². The molecule has 104 valence electrons. The molecule has 0 spiro atoms. The molecule has 0 atom stereocenters. The molecule has 0 heterocycles. The highest BCUT2D eigenvalue weighted by atomic mass is 32.1. The number of aromatic carboxylic acids is 1. The van der Waals surface area contributed by atoms with Gasteiger partial charge in [-0.2, -0.15) is 0 Å². The van der Waals surface area contributed by atoms with E-state index >= 15 is 0 Å². The predicted molar refractivity (Wildman–Crippen MR) is 79.6 cm³/mol. The van der Waals surface area contributed by atoms with Crippen molar-refractivity contribution in [3.63, 3.8) is 0 Å². The lowest BCUT2D eigenvalue weighted by atomic mass is 10.2. The molecular formula is C15H14O4S. The minimum atomic E-state index is -1.03. The van der Waals surface area contributed by atoms with E-state index in [2.05, 4.69) is 12.6 Å². The van der Waals surface area contributed by atoms with Crippen LogP contribution in [0.4, 0.5) is 0 Å². The molecule has 4 nitrogen and oxygen atoms in total. The minimum Gasteiger partial charge on any atom is -0.508 e. The Balaban J connectivity index is 0.000000200. The summed E-state index contributed by atoms with van der Waals surface area (Å²) in [5.74, 6) is -1.06. The van der Waals surface area contributed by atoms with E-state index in [0.29, 0.717) is 5.56 Å². The predicted octanol–water partition coefficient (Wildman–Crippen LogP) is 3.16. The SMILES string of the molecule is Cc1ccc(C(=O)S)cc1.O=C(O)c1cccc(O)c1. The van der Waals surface area contributed by atoms with Gasteiger partial charge in [-0.1, -0.05) is 35.9 Å². The van der Waals surface area contributed by atoms with Crippen LogP contribution >= 0.6 is 12.6 Å². The lowest BCUT2D eigenvalue weighted by molar-refractivity contribution is 0.0696. The first kappa shape index (κ1) is 15.8. The molecule has 20 heavy (non-hydrogen) atoms. The van der Waals surface area contributed by atoms with Crippen molar-refractivity contribution in [2.24, 2.45) is 0 Å². The molecule has 0 aromatic heterocycles. The Kier molecular flexibility index (Phi) is 5.80. The van der Waals surface area contributed by atoms with Crippen molar-refractivity contribution in [1.82, 2.24) is 0 Å². The molecule has 2 rings (SSSR count). The maximum Gasteiger partial charge on any atom is 0.335 e. The Labute approximate surface area is 122 Å². The first-order chi connectivity index (χ1) is 9.40. The van der Waals surface area contributed by atoms with Crippen molar-refractivity contribution in [3.8, 4) is 5.75 Å². The topological polar surface area (TPSA) is 74.6 Å². The summed E-state index contributed by atoms with van der Waals surface area (Å²) in [5.41, 5.74) is 1.90. The number of aromatic hydroxyl groups is 1. The number of rotatable bonds is 2. The van der Waals surface area contributed by atoms with E-state index in [0.717, 1.165) is 5.56 Å². The van der Waals surface area contributed by atoms with Crippen LogP contribution in [0.1, 0.15) is 26.3 Å². The van der Waals surface area contributed by atoms with Crippen LogP contribution in [0.3, 0.4) is 0 Å². The molecule has 0 aliphatic rings. The van der Waals surface area contributed by atoms with E-state index in [9.17, 15) is 9.59 Å². The average Bonchev–Trinajstić information content (AvgIpc) is 2.40. The largest absolute Gasteiger partial charge is 0.508 e. The lowest BCUT2D eigenvalue weighted by Crippen LogP contribution is -1.94. The third kappa shape index (κ3) is 5.16. The molecule has 0 saturated carbocycles. The van der Waals surface area contributed by atoms with E-state index in [1.54, 1.807) is 12.1 Å². The first-order valence-corrected chi connectivity index (χ1v) is 6.17. The quantitative estimate of drug-likeness (QED) is 0.743. The maximum atomic E-state index is 10.6. The Hall–Kier alpha value is -2.27. The molecule has 2 N–H and O–H groups in total. The molecule has 2 aromatic carbocycles. The van der Waals surface area contributed by atoms with Crippen molar-refractivity contribution in [3.05, 3.63) is 65.2 Å². The summed E-state index contributed by atoms with van der Waals surface area (Å²) in [6.07, 6.45) is 0. The summed E-state index contributed by atoms with van der Waals surface area (Å²) in [4.78, 5) is 20.9. The van der Waals surface area contributed by atoms with Gasteiger partial charge in [-0.05, 0) is 25.1 Å². The number of benzene rings is 2. The first-order valence-electron chi connectivity index (χ1n) is 5.72. The molecule has 0 saturated heterocycles. The van der Waals surface area contributed by atoms with Crippen LogP contribution < -0.4 is 0 Å². The number of hydrogen-bond donors (Lipinski definition) is 3. The number of aryl methyl sites for hydroxylation is 1. The van der Waals surface area contributed by atoms with Crippen LogP contribution in [0.25, 0.3) is 0 Å². The summed E-state index contributed by atoms with van der Waals surface area (Å²) < 4.78 is 0. The average molecular weight is 290 g/mol. The fourth-order valence-corrected chi connectivity index (χ4v) is 1.48. The summed E-state index contributed by atoms with van der Waals surface area (Å²) in [6, 6.07) is 12.8. The zero-order chi connectivity index (χ0) is 15.1. The highest BCUT2D eigenvalue weighted by molar-refractivity contribution is 7.97. The molecule has 0 radical (unpaired) electrons. The van der Waals surface area contributed by atoms with Crippen LogP contribution in [0, 0.1) is 6.92 Å². The number of thiol groups is 1. The Morgan fingerprint density at radius 1 is 1.00 bits per heavy atom. The molecule has 5 heteroatoms. The molecule has 2 aromatic rings. The van der Waals surface area contributed by atoms with Gasteiger partial charge in [-0.25, -0.2) is 4.79 Å². The van der Waals surface area contributed by atoms with Gasteiger partial charge in [-0.3, -0.25) is 4.79 Å². The lowest BCUT2D eigenvalue weighted by Gasteiger charge is -1.93. The van der Waals surface area contributed by atoms with Gasteiger partial charge in [0.2, 0.25) is 5.12 Å². The van der Waals surface area contributed by atoms with Gasteiger partial charge in [-0.15, -0.1) is 12.6 Å². The van der Waals surface area contributed by atoms with Crippen molar-refractivity contribution in [2.75, 3.05) is 0 Å². The molecule has 0 bridgehead atoms. The second kappa shape index (κ2) is 7.35. The standard InChI is InChI=1S/C8H8OS.C7H6O3/c1-6-2-4-7(5-3-6)8(9)10;8-6-3-1-2-5(4-6)7(9)10/h2-5H,1H3,(H,9,10);1-4,8H,(H,9,10). The van der Waals surface area contributed by atoms with Crippen LogP contribution in [0.5, 0.6) is 5.75 Å². The Bertz CT molecular complexity index is 606. The Morgan fingerprint density at radius 2 is 1.60 bits per heavy atom. The van der Waals surface area contributed by atoms with Gasteiger partial charge in [0.1, 0.15) is 5.75 Å². The molecule has 0 aliphatic carbocycles. The van der Waals surface area contributed by atoms with Gasteiger partial charge in [0, 0.05) is 5.56 Å². The van der Waals surface area contributed by atoms with Gasteiger partial charge in [0.05, 0.1) is 5.56 Å². The summed E-state index contributed by atoms with van der Waals surface area (Å²) in [5, 5.41) is 17.0. The van der Waals surface area contributed by atoms with Crippen LogP contribution in [0.15, 0.2) is 48.5 Å². The van der Waals surface area contributed by atoms with E-state index in [-0.39, 0.29) is 16.4 Å². The fourth-order valence-electron chi connectivity index (χ4n) is 1.34. The van der Waals surface area contributed by atoms with E-state index in [4.69, 9.17) is 10.2 Å². The number of hydrogen-bond acceptors (Lipinski definition) is 3. The van der Waals surface area contributed by atoms with Gasteiger partial charge >= 0.3 is 5.97 Å². The summed E-state index contributed by atoms with van der Waals surface area (Å²) in [7, 11) is 0. The second-order valence-corrected chi connectivity index (χ2v) is 4.43. The summed E-state index contributed by atoms with van der Waals surface area (Å²) in [6.45, 7) is 1.98. The molecule has 0 unspecified atom stereocenters. The van der Waals surface area contributed by atoms with Crippen molar-refractivity contribution in [2.45, 2.75) is 6.92 Å². The van der Waals surface area contributed by atoms with Gasteiger partial charge in [0.15, 0.2) is 0 Å². The van der Waals surface area contributed by atoms with Gasteiger partial charge < -0.3 is 10.2 Å². The third-order valence-corrected chi connectivity index (χ3v) is 2.65. The van der Waals surface area contributed by atoms with Crippen molar-refractivity contribution in [1.29, 1.82) is 0 Å². The van der Waals surface area contributed by atoms with Crippen molar-refractivity contribution < 1.29 is 19.8 Å². The van der Waals surface area contributed by atoms with Crippen LogP contribution in [-0.2, 0) is 0 Å². The number of phenols is 1. The zero-order valence-corrected chi connectivity index (χ0v) is 11.7. The minimum absolute atomic E-state index is 0.0279. The summed E-state index contributed by atoms with van der Waals surface area (Å²) >= 11 is 3.68. The molecule has 0 fully saturated rings. The fraction of sp³-hybridized carbons (Fsp3) is 0.0667. The highest BCUT2D eigenvalue weighted by Gasteiger charge is 2.00. The highest BCUT2D eigenvalue weighted by Crippen LogP contribution is 2.10. The van der Waals surface area contributed by atoms with Crippen LogP contribution in [0.2, 0.25) is 0 Å². The van der Waals surface area contributed by atoms with Gasteiger partial charge in [0.25, 0.3) is 0 Å². The smallest absolute Gasteiger partial charge is 0.335 e. The molecule has 0 aliphatic heterocycles. The number of carbonyl (C=O) groups is 2. The second-order valence-electron chi connectivity index (χ2n) is 4.03. The number of carboxylic acids is 1. The molecule has 0 amide bonds. The zero-order valence-electron chi connectivity index (χ0n) is 10.8. The van der Waals surface area contributed by atoms with E-state index in [1.165, 1.54) is 24.3 Å². The molecular weight excluding hydrogens is 276 g/mol. The van der Waals surface area contributed by atoms with Crippen LogP contribution in [-0.4, -0.2) is 21.3 Å². The van der Waals surface area contributed by atoms with E-state index < -0.39 is 5.97 Å². The number of carboxylic acid groups (broad SMARTS) is 1. The number of carbonyl (C=O) groups excluding carboxylic acids is 1.